The van der Waals surface area contributed by atoms with E-state index in [9.17, 15) is 4.79 Å². The zero-order valence-electron chi connectivity index (χ0n) is 14.7. The summed E-state index contributed by atoms with van der Waals surface area (Å²) < 4.78 is 10.7. The number of nitrogens with zero attached hydrogens (tertiary/aromatic N) is 3. The largest absolute Gasteiger partial charge is 0.452 e. The van der Waals surface area contributed by atoms with E-state index in [-0.39, 0.29) is 12.5 Å². The molecule has 27 heavy (non-hydrogen) atoms. The molecule has 0 fully saturated rings. The molecule has 0 saturated carbocycles. The van der Waals surface area contributed by atoms with Crippen LogP contribution < -0.4 is 0 Å². The van der Waals surface area contributed by atoms with Gasteiger partial charge in [-0.2, -0.15) is 5.26 Å². The lowest BCUT2D eigenvalue weighted by atomic mass is 10.2. The summed E-state index contributed by atoms with van der Waals surface area (Å²) in [5, 5.41) is 16.5. The Balaban J connectivity index is 1.63. The highest BCUT2D eigenvalue weighted by Gasteiger charge is 2.15. The van der Waals surface area contributed by atoms with Crippen molar-refractivity contribution in [1.82, 2.24) is 10.2 Å². The average molecular weight is 379 g/mol. The minimum Gasteiger partial charge on any atom is -0.452 e. The molecule has 7 heteroatoms. The average Bonchev–Trinajstić information content (AvgIpc) is 3.19. The van der Waals surface area contributed by atoms with Gasteiger partial charge in [0.25, 0.3) is 5.89 Å². The van der Waals surface area contributed by atoms with Crippen LogP contribution in [0.4, 0.5) is 0 Å². The van der Waals surface area contributed by atoms with Gasteiger partial charge in [-0.25, -0.2) is 4.79 Å². The van der Waals surface area contributed by atoms with Crippen LogP contribution in [-0.4, -0.2) is 16.2 Å². The second-order valence-corrected chi connectivity index (χ2v) is 6.63. The summed E-state index contributed by atoms with van der Waals surface area (Å²) >= 11 is 1.54. The van der Waals surface area contributed by atoms with Crippen molar-refractivity contribution in [3.8, 4) is 6.07 Å². The van der Waals surface area contributed by atoms with Crippen molar-refractivity contribution >= 4 is 17.7 Å². The maximum absolute atomic E-state index is 12.4. The number of esters is 1. The van der Waals surface area contributed by atoms with Crippen molar-refractivity contribution in [2.45, 2.75) is 30.6 Å². The number of rotatable bonds is 7. The molecule has 3 aromatic rings. The molecule has 0 aliphatic heterocycles. The Bertz CT molecular complexity index is 961. The highest BCUT2D eigenvalue weighted by atomic mass is 32.2. The molecule has 3 rings (SSSR count). The lowest BCUT2D eigenvalue weighted by molar-refractivity contribution is 0.0432. The van der Waals surface area contributed by atoms with E-state index in [1.54, 1.807) is 24.3 Å². The Morgan fingerprint density at radius 3 is 2.59 bits per heavy atom. The minimum absolute atomic E-state index is 0.0551. The van der Waals surface area contributed by atoms with Crippen LogP contribution in [0.2, 0.25) is 0 Å². The van der Waals surface area contributed by atoms with Crippen molar-refractivity contribution in [3.05, 3.63) is 77.0 Å². The van der Waals surface area contributed by atoms with Gasteiger partial charge in [0, 0.05) is 17.1 Å². The van der Waals surface area contributed by atoms with Crippen LogP contribution in [-0.2, 0) is 23.5 Å². The van der Waals surface area contributed by atoms with E-state index < -0.39 is 5.97 Å². The number of nitriles is 1. The smallest absolute Gasteiger partial charge is 0.339 e. The summed E-state index contributed by atoms with van der Waals surface area (Å²) in [5.74, 6) is 1.04. The first-order valence-corrected chi connectivity index (χ1v) is 9.37. The molecular formula is C20H17N3O3S. The van der Waals surface area contributed by atoms with Crippen LogP contribution in [0.1, 0.15) is 40.2 Å². The lowest BCUT2D eigenvalue weighted by Crippen LogP contribution is -2.07. The van der Waals surface area contributed by atoms with Crippen LogP contribution in [0.15, 0.2) is 57.8 Å². The molecule has 0 aliphatic carbocycles. The van der Waals surface area contributed by atoms with E-state index in [0.717, 1.165) is 10.5 Å². The van der Waals surface area contributed by atoms with E-state index in [1.165, 1.54) is 11.8 Å². The van der Waals surface area contributed by atoms with Crippen LogP contribution in [0.5, 0.6) is 0 Å². The van der Waals surface area contributed by atoms with Crippen LogP contribution >= 0.6 is 11.8 Å². The fourth-order valence-electron chi connectivity index (χ4n) is 2.29. The van der Waals surface area contributed by atoms with Crippen LogP contribution in [0.25, 0.3) is 0 Å². The van der Waals surface area contributed by atoms with Crippen molar-refractivity contribution in [2.24, 2.45) is 0 Å². The normalized spacial score (nSPS) is 10.4. The summed E-state index contributed by atoms with van der Waals surface area (Å²) in [6.07, 6.45) is 0.635. The number of carbonyl (C=O) groups excluding carboxylic acids is 1. The summed E-state index contributed by atoms with van der Waals surface area (Å²) in [6, 6.07) is 16.8. The number of thioether (sulfide) groups is 1. The van der Waals surface area contributed by atoms with Gasteiger partial charge >= 0.3 is 5.97 Å². The molecule has 6 nitrogen and oxygen atoms in total. The highest BCUT2D eigenvalue weighted by molar-refractivity contribution is 7.98. The van der Waals surface area contributed by atoms with Gasteiger partial charge in [-0.15, -0.1) is 22.0 Å². The molecule has 0 saturated heterocycles. The van der Waals surface area contributed by atoms with Gasteiger partial charge in [-0.05, 0) is 29.8 Å². The summed E-state index contributed by atoms with van der Waals surface area (Å²) in [4.78, 5) is 13.3. The fourth-order valence-corrected chi connectivity index (χ4v) is 3.29. The third kappa shape index (κ3) is 4.96. The molecule has 0 N–H and O–H groups in total. The standard InChI is InChI=1S/C20H17N3O3S/c1-2-18-22-23-19(26-18)12-25-20(24)16-5-3-4-6-17(16)27-13-15-9-7-14(11-21)8-10-15/h3-10H,2,12-13H2,1H3. The molecule has 0 bridgehead atoms. The topological polar surface area (TPSA) is 89.0 Å². The maximum atomic E-state index is 12.4. The van der Waals surface area contributed by atoms with E-state index >= 15 is 0 Å². The van der Waals surface area contributed by atoms with Gasteiger partial charge < -0.3 is 9.15 Å². The third-order valence-electron chi connectivity index (χ3n) is 3.72. The Morgan fingerprint density at radius 1 is 1.15 bits per heavy atom. The lowest BCUT2D eigenvalue weighted by Gasteiger charge is -2.08. The van der Waals surface area contributed by atoms with Crippen LogP contribution in [0.3, 0.4) is 0 Å². The number of aryl methyl sites for hydroxylation is 1. The van der Waals surface area contributed by atoms with Crippen molar-refractivity contribution in [1.29, 1.82) is 5.26 Å². The molecule has 0 spiro atoms. The van der Waals surface area contributed by atoms with E-state index in [1.807, 2.05) is 31.2 Å². The van der Waals surface area contributed by atoms with Gasteiger partial charge in [-0.1, -0.05) is 31.2 Å². The fraction of sp³-hybridized carbons (Fsp3) is 0.200. The molecule has 0 radical (unpaired) electrons. The number of aromatic nitrogens is 2. The van der Waals surface area contributed by atoms with E-state index in [4.69, 9.17) is 14.4 Å². The monoisotopic (exact) mass is 379 g/mol. The molecule has 0 amide bonds. The molecule has 0 unspecified atom stereocenters. The Hall–Kier alpha value is -3.11. The van der Waals surface area contributed by atoms with Gasteiger partial charge in [0.05, 0.1) is 17.2 Å². The van der Waals surface area contributed by atoms with Crippen molar-refractivity contribution in [3.63, 3.8) is 0 Å². The highest BCUT2D eigenvalue weighted by Crippen LogP contribution is 2.27. The van der Waals surface area contributed by atoms with Gasteiger partial charge in [0.2, 0.25) is 5.89 Å². The SMILES string of the molecule is CCc1nnc(COC(=O)c2ccccc2SCc2ccc(C#N)cc2)o1. The maximum Gasteiger partial charge on any atom is 0.339 e. The first-order valence-electron chi connectivity index (χ1n) is 8.39. The zero-order valence-corrected chi connectivity index (χ0v) is 15.5. The molecule has 1 aromatic heterocycles. The Kier molecular flexibility index (Phi) is 6.23. The Morgan fingerprint density at radius 2 is 1.89 bits per heavy atom. The zero-order chi connectivity index (χ0) is 19.1. The summed E-state index contributed by atoms with van der Waals surface area (Å²) in [7, 11) is 0. The van der Waals surface area contributed by atoms with E-state index in [2.05, 4.69) is 16.3 Å². The molecular weight excluding hydrogens is 362 g/mol. The summed E-state index contributed by atoms with van der Waals surface area (Å²) in [5.41, 5.74) is 2.19. The quantitative estimate of drug-likeness (QED) is 0.450. The number of carbonyl (C=O) groups is 1. The molecule has 1 heterocycles. The molecule has 136 valence electrons. The Labute approximate surface area is 161 Å². The molecule has 0 aliphatic rings. The number of hydrogen-bond donors (Lipinski definition) is 0. The van der Waals surface area contributed by atoms with Gasteiger partial charge in [0.1, 0.15) is 0 Å². The third-order valence-corrected chi connectivity index (χ3v) is 4.87. The second-order valence-electron chi connectivity index (χ2n) is 5.61. The molecule has 2 aromatic carbocycles. The predicted molar refractivity (Wildman–Crippen MR) is 100.0 cm³/mol. The first-order chi connectivity index (χ1) is 13.2. The van der Waals surface area contributed by atoms with Gasteiger partial charge in [0.15, 0.2) is 6.61 Å². The van der Waals surface area contributed by atoms with Gasteiger partial charge in [-0.3, -0.25) is 0 Å². The first kappa shape index (κ1) is 18.7. The minimum atomic E-state index is -0.436. The van der Waals surface area contributed by atoms with Crippen molar-refractivity contribution in [2.75, 3.05) is 0 Å². The van der Waals surface area contributed by atoms with Crippen molar-refractivity contribution < 1.29 is 13.9 Å². The summed E-state index contributed by atoms with van der Waals surface area (Å²) in [6.45, 7) is 1.85. The number of benzene rings is 2. The second kappa shape index (κ2) is 9.01. The van der Waals surface area contributed by atoms with Crippen LogP contribution in [0, 0.1) is 11.3 Å². The molecule has 0 atom stereocenters. The predicted octanol–water partition coefficient (Wildman–Crippen LogP) is 4.15. The number of hydrogen-bond acceptors (Lipinski definition) is 7. The van der Waals surface area contributed by atoms with E-state index in [0.29, 0.717) is 29.2 Å². The number of ether oxygens (including phenoxy) is 1.